The highest BCUT2D eigenvalue weighted by molar-refractivity contribution is 6.06. The maximum absolute atomic E-state index is 4.91. The quantitative estimate of drug-likeness (QED) is 0.118. The van der Waals surface area contributed by atoms with Crippen LogP contribution in [0.4, 0.5) is 5.69 Å². The van der Waals surface area contributed by atoms with E-state index in [0.717, 1.165) is 78.8 Å². The molecule has 2 aliphatic rings. The van der Waals surface area contributed by atoms with Crippen LogP contribution in [0.3, 0.4) is 0 Å². The molecule has 0 saturated carbocycles. The van der Waals surface area contributed by atoms with Crippen molar-refractivity contribution in [3.63, 3.8) is 0 Å². The summed E-state index contributed by atoms with van der Waals surface area (Å²) in [5.74, 6) is 1.40. The molecule has 12 aromatic carbocycles. The van der Waals surface area contributed by atoms with Gasteiger partial charge in [-0.3, -0.25) is 15.0 Å². The Morgan fingerprint density at radius 2 is 0.604 bits per heavy atom. The van der Waals surface area contributed by atoms with Crippen molar-refractivity contribution in [2.75, 3.05) is 4.90 Å². The van der Waals surface area contributed by atoms with Crippen LogP contribution in [0.5, 0.6) is 0 Å². The maximum atomic E-state index is 4.91. The summed E-state index contributed by atoms with van der Waals surface area (Å²) in [6, 6.07) is 138. The van der Waals surface area contributed by atoms with E-state index in [1.807, 2.05) is 225 Å². The molecule has 0 saturated heterocycles. The number of pyridine rings is 3. The number of hydrogen-bond donors (Lipinski definition) is 0. The van der Waals surface area contributed by atoms with Crippen molar-refractivity contribution in [3.05, 3.63) is 468 Å². The first-order valence-electron chi connectivity index (χ1n) is 36.8. The van der Waals surface area contributed by atoms with Crippen molar-refractivity contribution in [1.29, 1.82) is 0 Å². The van der Waals surface area contributed by atoms with Gasteiger partial charge in [0, 0.05) is 51.3 Å². The number of anilines is 1. The zero-order valence-electron chi connectivity index (χ0n) is 61.0. The summed E-state index contributed by atoms with van der Waals surface area (Å²) in [5, 5.41) is 0. The average molecular weight is 1430 g/mol. The fourth-order valence-corrected chi connectivity index (χ4v) is 12.7. The van der Waals surface area contributed by atoms with E-state index in [2.05, 4.69) is 258 Å². The summed E-state index contributed by atoms with van der Waals surface area (Å²) >= 11 is 0. The van der Waals surface area contributed by atoms with Crippen molar-refractivity contribution in [2.24, 2.45) is 4.99 Å². The normalized spacial score (nSPS) is 12.6. The van der Waals surface area contributed by atoms with Crippen LogP contribution in [0.1, 0.15) is 11.7 Å². The topological polar surface area (TPSA) is 119 Å². The van der Waals surface area contributed by atoms with Crippen molar-refractivity contribution in [1.82, 2.24) is 39.9 Å². The van der Waals surface area contributed by atoms with Crippen LogP contribution in [0, 0.1) is 0 Å². The summed E-state index contributed by atoms with van der Waals surface area (Å²) in [5.41, 5.74) is 23.4. The highest BCUT2D eigenvalue weighted by Crippen LogP contribution is 2.38. The van der Waals surface area contributed by atoms with Gasteiger partial charge in [-0.2, -0.15) is 0 Å². The minimum Gasteiger partial charge on any atom is -0.332 e. The number of rotatable bonds is 12. The van der Waals surface area contributed by atoms with Gasteiger partial charge in [-0.05, 0) is 93.6 Å². The van der Waals surface area contributed by atoms with E-state index in [1.54, 1.807) is 18.9 Å². The molecule has 17 aromatic rings. The molecule has 1 aliphatic carbocycles. The number of aliphatic imine (C=N–C) groups is 1. The minimum atomic E-state index is 0.00259. The molecule has 19 rings (SSSR count). The average Bonchev–Trinajstić information content (AvgIpc) is 1.63. The van der Waals surface area contributed by atoms with E-state index < -0.39 is 0 Å². The molecule has 2 atom stereocenters. The second-order valence-corrected chi connectivity index (χ2v) is 25.6. The third-order valence-corrected chi connectivity index (χ3v) is 18.2. The molecule has 6 heterocycles. The van der Waals surface area contributed by atoms with Crippen molar-refractivity contribution >= 4 is 11.4 Å². The highest BCUT2D eigenvalue weighted by atomic mass is 15.3. The highest BCUT2D eigenvalue weighted by Gasteiger charge is 2.35. The van der Waals surface area contributed by atoms with Gasteiger partial charge < -0.3 is 4.90 Å². The van der Waals surface area contributed by atoms with Crippen molar-refractivity contribution in [3.8, 4) is 112 Å². The van der Waals surface area contributed by atoms with Crippen LogP contribution in [0.2, 0.25) is 0 Å². The molecule has 0 radical (unpaired) electrons. The molecule has 1 aliphatic heterocycles. The smallest absolute Gasteiger partial charge is 0.163 e. The monoisotopic (exact) mass is 1430 g/mol. The molecular formula is C101H78N10. The Kier molecular flexibility index (Phi) is 25.3. The molecule has 532 valence electrons. The second-order valence-electron chi connectivity index (χ2n) is 25.6. The number of nitrogens with zero attached hydrogens (tertiary/aromatic N) is 10. The Morgan fingerprint density at radius 1 is 0.243 bits per heavy atom. The molecule has 111 heavy (non-hydrogen) atoms. The Morgan fingerprint density at radius 3 is 1.03 bits per heavy atom. The number of fused-ring (bicyclic) bond motifs is 1. The van der Waals surface area contributed by atoms with Gasteiger partial charge in [-0.1, -0.05) is 376 Å². The summed E-state index contributed by atoms with van der Waals surface area (Å²) < 4.78 is 0. The van der Waals surface area contributed by atoms with E-state index in [0.29, 0.717) is 11.6 Å². The molecule has 0 fully saturated rings. The lowest BCUT2D eigenvalue weighted by Crippen LogP contribution is -2.35. The Balaban J connectivity index is 0.000000111. The Labute approximate surface area is 649 Å². The summed E-state index contributed by atoms with van der Waals surface area (Å²) in [4.78, 5) is 42.2. The fraction of sp³-hybridized carbons (Fsp3) is 0.0198. The molecule has 5 aromatic heterocycles. The van der Waals surface area contributed by atoms with Crippen molar-refractivity contribution in [2.45, 2.75) is 12.2 Å². The first-order valence-corrected chi connectivity index (χ1v) is 36.8. The number of allylic oxidation sites excluding steroid dienone is 2. The number of benzene rings is 12. The third kappa shape index (κ3) is 20.2. The molecule has 0 bridgehead atoms. The summed E-state index contributed by atoms with van der Waals surface area (Å²) in [6.07, 6.45) is 17.2. The van der Waals surface area contributed by atoms with Gasteiger partial charge in [0.05, 0.1) is 52.1 Å². The van der Waals surface area contributed by atoms with Crippen LogP contribution in [-0.2, 0) is 0 Å². The third-order valence-electron chi connectivity index (χ3n) is 18.2. The lowest BCUT2D eigenvalue weighted by Gasteiger charge is -2.30. The van der Waals surface area contributed by atoms with Gasteiger partial charge in [-0.15, -0.1) is 0 Å². The number of hydrogen-bond acceptors (Lipinski definition) is 10. The van der Waals surface area contributed by atoms with Crippen molar-refractivity contribution < 1.29 is 0 Å². The summed E-state index contributed by atoms with van der Waals surface area (Å²) in [7, 11) is 0. The van der Waals surface area contributed by atoms with E-state index in [-0.39, 0.29) is 12.2 Å². The number of aromatic nitrogens is 8. The fourth-order valence-electron chi connectivity index (χ4n) is 12.7. The van der Waals surface area contributed by atoms with Gasteiger partial charge >= 0.3 is 0 Å². The Hall–Kier alpha value is -14.9. The van der Waals surface area contributed by atoms with Crippen LogP contribution in [0.25, 0.3) is 112 Å². The van der Waals surface area contributed by atoms with Crippen LogP contribution in [0.15, 0.2) is 467 Å². The molecule has 10 heteroatoms. The molecular weight excluding hydrogens is 1350 g/mol. The maximum Gasteiger partial charge on any atom is 0.163 e. The first kappa shape index (κ1) is 73.0. The molecule has 0 amide bonds. The van der Waals surface area contributed by atoms with Crippen LogP contribution in [-0.4, -0.2) is 51.6 Å². The van der Waals surface area contributed by atoms with Gasteiger partial charge in [-0.25, -0.2) is 29.9 Å². The lowest BCUT2D eigenvalue weighted by molar-refractivity contribution is 0.694. The standard InChI is InChI=1S/C18H15N3.C18H14.2C17H13N.C16H12N2.C15H11N3/c1-2-7-14(8-3-1)18-20-16-10-4-5-11-17(16)21(18)15-9-6-12-19-13-15;1-3-8-15(9-4-1)17-12-7-13-18(14-17)16-10-5-2-6-11-16;1-3-8-14(9-4-1)16-12-7-13-17(18-16)15-10-5-2-6-11-15;1-3-7-14(8-4-1)16-11-12-18-17(13-16)15-9-5-2-6-10-15;1-3-7-13(8-4-1)15-11-16(18-12-17-15)14-9-5-2-6-10-14;1-3-7-12(8-4-1)14-16-11-17-15(18-14)13-9-5-2-6-10-13/h1-13,17-18H;1-14H;2*1-13H;1-12H;1-11H. The van der Waals surface area contributed by atoms with Gasteiger partial charge in [0.2, 0.25) is 0 Å². The van der Waals surface area contributed by atoms with E-state index in [9.17, 15) is 0 Å². The Bertz CT molecular complexity index is 4780. The molecule has 0 N–H and O–H groups in total. The predicted octanol–water partition coefficient (Wildman–Crippen LogP) is 24.4. The molecule has 0 spiro atoms. The SMILES string of the molecule is C1=CC2=NC(c3ccccc3)N(c3cccnc3)C2C=C1.c1ccc(-c2cc(-c3ccccc3)ncn2)cc1.c1ccc(-c2cccc(-c3ccccc3)c2)cc1.c1ccc(-c2cccc(-c3ccccc3)n2)cc1.c1ccc(-c2ccnc(-c3ccccc3)c2)cc1.c1ccc(-c2ncnc(-c3ccccc3)n2)cc1. The van der Waals surface area contributed by atoms with Gasteiger partial charge in [0.15, 0.2) is 11.6 Å². The zero-order chi connectivity index (χ0) is 75.1. The van der Waals surface area contributed by atoms with E-state index in [1.165, 1.54) is 38.9 Å². The largest absolute Gasteiger partial charge is 0.332 e. The molecule has 10 nitrogen and oxygen atoms in total. The van der Waals surface area contributed by atoms with E-state index >= 15 is 0 Å². The van der Waals surface area contributed by atoms with Gasteiger partial charge in [0.1, 0.15) is 18.8 Å². The predicted molar refractivity (Wildman–Crippen MR) is 457 cm³/mol. The van der Waals surface area contributed by atoms with Crippen LogP contribution < -0.4 is 4.90 Å². The lowest BCUT2D eigenvalue weighted by atomic mass is 9.99. The molecule has 2 unspecified atom stereocenters. The van der Waals surface area contributed by atoms with Crippen LogP contribution >= 0.6 is 0 Å². The summed E-state index contributed by atoms with van der Waals surface area (Å²) in [6.45, 7) is 0. The zero-order valence-corrected chi connectivity index (χ0v) is 61.0. The first-order chi connectivity index (χ1) is 55.1. The van der Waals surface area contributed by atoms with Gasteiger partial charge in [0.25, 0.3) is 0 Å². The van der Waals surface area contributed by atoms with E-state index in [4.69, 9.17) is 9.98 Å². The second kappa shape index (κ2) is 38.4. The minimum absolute atomic E-state index is 0.00259.